The molecule has 1 amide bonds. The Bertz CT molecular complexity index is 292. The summed E-state index contributed by atoms with van der Waals surface area (Å²) < 4.78 is 0. The molecule has 2 aliphatic rings. The zero-order chi connectivity index (χ0) is 11.5. The first-order valence-electron chi connectivity index (χ1n) is 6.51. The van der Waals surface area contributed by atoms with Gasteiger partial charge in [-0.15, -0.1) is 12.3 Å². The van der Waals surface area contributed by atoms with Gasteiger partial charge in [0.05, 0.1) is 0 Å². The van der Waals surface area contributed by atoms with E-state index in [9.17, 15) is 4.79 Å². The topological polar surface area (TPSA) is 29.1 Å². The minimum Gasteiger partial charge on any atom is -0.352 e. The van der Waals surface area contributed by atoms with Crippen LogP contribution in [0, 0.1) is 30.1 Å². The maximum atomic E-state index is 12.0. The molecule has 2 nitrogen and oxygen atoms in total. The third-order valence-corrected chi connectivity index (χ3v) is 4.16. The molecule has 2 rings (SSSR count). The van der Waals surface area contributed by atoms with E-state index in [2.05, 4.69) is 18.2 Å². The van der Waals surface area contributed by atoms with Crippen molar-refractivity contribution in [3.05, 3.63) is 0 Å². The predicted molar refractivity (Wildman–Crippen MR) is 64.6 cm³/mol. The van der Waals surface area contributed by atoms with Crippen LogP contribution in [0.5, 0.6) is 0 Å². The van der Waals surface area contributed by atoms with Crippen LogP contribution in [-0.2, 0) is 4.79 Å². The molecule has 0 aromatic carbocycles. The molecule has 2 heteroatoms. The van der Waals surface area contributed by atoms with Gasteiger partial charge in [0.1, 0.15) is 0 Å². The summed E-state index contributed by atoms with van der Waals surface area (Å²) >= 11 is 0. The molecule has 2 fully saturated rings. The van der Waals surface area contributed by atoms with Gasteiger partial charge < -0.3 is 5.32 Å². The van der Waals surface area contributed by atoms with Gasteiger partial charge in [-0.1, -0.05) is 19.8 Å². The smallest absolute Gasteiger partial charge is 0.223 e. The molecule has 0 heterocycles. The van der Waals surface area contributed by atoms with Gasteiger partial charge in [-0.05, 0) is 31.1 Å². The number of hydrogen-bond donors (Lipinski definition) is 1. The van der Waals surface area contributed by atoms with E-state index in [0.29, 0.717) is 24.2 Å². The Kier molecular flexibility index (Phi) is 3.53. The van der Waals surface area contributed by atoms with Crippen LogP contribution in [0.25, 0.3) is 0 Å². The number of carbonyl (C=O) groups is 1. The monoisotopic (exact) mass is 219 g/mol. The van der Waals surface area contributed by atoms with Crippen LogP contribution in [-0.4, -0.2) is 11.9 Å². The summed E-state index contributed by atoms with van der Waals surface area (Å²) in [7, 11) is 0. The molecule has 3 unspecified atom stereocenters. The van der Waals surface area contributed by atoms with Crippen LogP contribution in [0.15, 0.2) is 0 Å². The summed E-state index contributed by atoms with van der Waals surface area (Å²) in [5, 5.41) is 3.10. The van der Waals surface area contributed by atoms with Gasteiger partial charge in [-0.3, -0.25) is 4.79 Å². The maximum Gasteiger partial charge on any atom is 0.223 e. The first-order valence-corrected chi connectivity index (χ1v) is 6.51. The largest absolute Gasteiger partial charge is 0.352 e. The summed E-state index contributed by atoms with van der Waals surface area (Å²) in [6.07, 6.45) is 12.0. The highest BCUT2D eigenvalue weighted by atomic mass is 16.2. The fourth-order valence-corrected chi connectivity index (χ4v) is 3.12. The van der Waals surface area contributed by atoms with Gasteiger partial charge in [0.2, 0.25) is 5.91 Å². The Hall–Kier alpha value is -0.970. The Morgan fingerprint density at radius 1 is 1.44 bits per heavy atom. The molecular formula is C14H21NO. The summed E-state index contributed by atoms with van der Waals surface area (Å²) in [5.74, 6) is 4.59. The van der Waals surface area contributed by atoms with Gasteiger partial charge in [-0.25, -0.2) is 0 Å². The van der Waals surface area contributed by atoms with Crippen LogP contribution >= 0.6 is 0 Å². The molecule has 0 radical (unpaired) electrons. The lowest BCUT2D eigenvalue weighted by molar-refractivity contribution is -0.123. The van der Waals surface area contributed by atoms with E-state index in [-0.39, 0.29) is 11.9 Å². The zero-order valence-electron chi connectivity index (χ0n) is 10.0. The molecule has 16 heavy (non-hydrogen) atoms. The predicted octanol–water partition coefficient (Wildman–Crippen LogP) is 2.34. The Morgan fingerprint density at radius 2 is 2.06 bits per heavy atom. The van der Waals surface area contributed by atoms with Crippen molar-refractivity contribution in [3.8, 4) is 12.3 Å². The summed E-state index contributed by atoms with van der Waals surface area (Å²) in [4.78, 5) is 12.0. The van der Waals surface area contributed by atoms with E-state index in [1.165, 1.54) is 25.7 Å². The average molecular weight is 219 g/mol. The molecule has 2 saturated carbocycles. The Balaban J connectivity index is 1.82. The summed E-state index contributed by atoms with van der Waals surface area (Å²) in [6.45, 7) is 2.07. The molecule has 2 aliphatic carbocycles. The number of amides is 1. The number of fused-ring (bicyclic) bond motifs is 1. The van der Waals surface area contributed by atoms with Gasteiger partial charge in [0, 0.05) is 18.4 Å². The molecule has 0 spiro atoms. The molecule has 3 atom stereocenters. The molecule has 0 aromatic rings. The standard InChI is InChI=1S/C14H21NO/c1-3-7-10(4-2)15-14(16)13-11-8-5-6-9-12(11)13/h1,10-13H,4-9H2,2H3,(H,15,16). The SMILES string of the molecule is C#CCC(CC)NC(=O)C1C2CCCCC21. The molecule has 0 aromatic heterocycles. The normalized spacial score (nSPS) is 33.4. The lowest BCUT2D eigenvalue weighted by atomic mass is 10.0. The second-order valence-corrected chi connectivity index (χ2v) is 5.16. The van der Waals surface area contributed by atoms with E-state index in [4.69, 9.17) is 6.42 Å². The fourth-order valence-electron chi connectivity index (χ4n) is 3.12. The van der Waals surface area contributed by atoms with Gasteiger partial charge in [0.25, 0.3) is 0 Å². The van der Waals surface area contributed by atoms with E-state index in [1.54, 1.807) is 0 Å². The third kappa shape index (κ3) is 2.24. The minimum atomic E-state index is 0.181. The number of hydrogen-bond acceptors (Lipinski definition) is 1. The van der Waals surface area contributed by atoms with Crippen molar-refractivity contribution in [2.75, 3.05) is 0 Å². The van der Waals surface area contributed by atoms with Crippen molar-refractivity contribution in [1.82, 2.24) is 5.32 Å². The number of carbonyl (C=O) groups excluding carboxylic acids is 1. The summed E-state index contributed by atoms with van der Waals surface area (Å²) in [6, 6.07) is 0.181. The highest BCUT2D eigenvalue weighted by molar-refractivity contribution is 5.82. The van der Waals surface area contributed by atoms with Crippen LogP contribution in [0.1, 0.15) is 45.4 Å². The van der Waals surface area contributed by atoms with E-state index >= 15 is 0 Å². The quantitative estimate of drug-likeness (QED) is 0.722. The van der Waals surface area contributed by atoms with Crippen LogP contribution in [0.2, 0.25) is 0 Å². The molecular weight excluding hydrogens is 198 g/mol. The van der Waals surface area contributed by atoms with E-state index < -0.39 is 0 Å². The van der Waals surface area contributed by atoms with Gasteiger partial charge in [-0.2, -0.15) is 0 Å². The Morgan fingerprint density at radius 3 is 2.56 bits per heavy atom. The van der Waals surface area contributed by atoms with Crippen molar-refractivity contribution in [2.45, 2.75) is 51.5 Å². The second kappa shape index (κ2) is 4.91. The average Bonchev–Trinajstić information content (AvgIpc) is 3.02. The third-order valence-electron chi connectivity index (χ3n) is 4.16. The zero-order valence-corrected chi connectivity index (χ0v) is 10.0. The lowest BCUT2D eigenvalue weighted by Crippen LogP contribution is -2.35. The number of nitrogens with one attached hydrogen (secondary N) is 1. The number of rotatable bonds is 4. The molecule has 0 aliphatic heterocycles. The first kappa shape index (κ1) is 11.5. The minimum absolute atomic E-state index is 0.181. The van der Waals surface area contributed by atoms with Crippen LogP contribution in [0.4, 0.5) is 0 Å². The van der Waals surface area contributed by atoms with Crippen LogP contribution in [0.3, 0.4) is 0 Å². The molecule has 1 N–H and O–H groups in total. The highest BCUT2D eigenvalue weighted by Gasteiger charge is 2.54. The Labute approximate surface area is 98.2 Å². The maximum absolute atomic E-state index is 12.0. The van der Waals surface area contributed by atoms with Crippen molar-refractivity contribution >= 4 is 5.91 Å². The molecule has 0 bridgehead atoms. The van der Waals surface area contributed by atoms with E-state index in [0.717, 1.165) is 6.42 Å². The van der Waals surface area contributed by atoms with E-state index in [1.807, 2.05) is 0 Å². The molecule has 0 saturated heterocycles. The fraction of sp³-hybridized carbons (Fsp3) is 0.786. The van der Waals surface area contributed by atoms with Gasteiger partial charge in [0.15, 0.2) is 0 Å². The van der Waals surface area contributed by atoms with Crippen molar-refractivity contribution in [3.63, 3.8) is 0 Å². The summed E-state index contributed by atoms with van der Waals surface area (Å²) in [5.41, 5.74) is 0. The molecule has 88 valence electrons. The highest BCUT2D eigenvalue weighted by Crippen LogP contribution is 2.55. The second-order valence-electron chi connectivity index (χ2n) is 5.16. The number of terminal acetylenes is 1. The van der Waals surface area contributed by atoms with Crippen molar-refractivity contribution < 1.29 is 4.79 Å². The van der Waals surface area contributed by atoms with Crippen molar-refractivity contribution in [2.24, 2.45) is 17.8 Å². The first-order chi connectivity index (χ1) is 7.77. The lowest BCUT2D eigenvalue weighted by Gasteiger charge is -2.14. The van der Waals surface area contributed by atoms with Gasteiger partial charge >= 0.3 is 0 Å². The van der Waals surface area contributed by atoms with Crippen molar-refractivity contribution in [1.29, 1.82) is 0 Å². The van der Waals surface area contributed by atoms with Crippen LogP contribution < -0.4 is 5.32 Å².